The number of methoxy groups -OCH3 is 1. The van der Waals surface area contributed by atoms with E-state index in [2.05, 4.69) is 27.7 Å². The Labute approximate surface area is 114 Å². The van der Waals surface area contributed by atoms with Gasteiger partial charge in [-0.3, -0.25) is 0 Å². The number of unbranched alkanes of at least 4 members (excludes halogenated alkanes) is 5. The van der Waals surface area contributed by atoms with Gasteiger partial charge in [0.15, 0.2) is 0 Å². The monoisotopic (exact) mass is 258 g/mol. The zero-order valence-corrected chi connectivity index (χ0v) is 13.3. The Balaban J connectivity index is 3.87. The second-order valence-electron chi connectivity index (χ2n) is 5.72. The van der Waals surface area contributed by atoms with Gasteiger partial charge in [-0.15, -0.1) is 0 Å². The van der Waals surface area contributed by atoms with E-state index in [1.54, 1.807) is 7.11 Å². The van der Waals surface area contributed by atoms with Crippen LogP contribution in [0.25, 0.3) is 0 Å². The van der Waals surface area contributed by atoms with Crippen molar-refractivity contribution >= 4 is 0 Å². The van der Waals surface area contributed by atoms with Crippen molar-refractivity contribution in [1.82, 2.24) is 0 Å². The fourth-order valence-corrected chi connectivity index (χ4v) is 2.23. The molecule has 0 aliphatic heterocycles. The van der Waals surface area contributed by atoms with Crippen LogP contribution in [0.4, 0.5) is 0 Å². The predicted octanol–water partition coefficient (Wildman–Crippen LogP) is 4.81. The molecular weight excluding hydrogens is 224 g/mol. The van der Waals surface area contributed by atoms with Gasteiger partial charge >= 0.3 is 0 Å². The van der Waals surface area contributed by atoms with Crippen molar-refractivity contribution in [3.05, 3.63) is 0 Å². The van der Waals surface area contributed by atoms with Gasteiger partial charge in [-0.1, -0.05) is 45.4 Å². The topological polar surface area (TPSA) is 18.5 Å². The minimum absolute atomic E-state index is 0.0708. The summed E-state index contributed by atoms with van der Waals surface area (Å²) in [6.45, 7) is 10.3. The van der Waals surface area contributed by atoms with Crippen LogP contribution in [-0.2, 0) is 9.47 Å². The number of ether oxygens (including phenoxy) is 2. The molecule has 0 fully saturated rings. The third-order valence-electron chi connectivity index (χ3n) is 3.94. The molecule has 0 bridgehead atoms. The lowest BCUT2D eigenvalue weighted by atomic mass is 9.86. The van der Waals surface area contributed by atoms with E-state index in [0.29, 0.717) is 5.92 Å². The van der Waals surface area contributed by atoms with Crippen LogP contribution in [0.5, 0.6) is 0 Å². The zero-order chi connectivity index (χ0) is 13.9. The summed E-state index contributed by atoms with van der Waals surface area (Å²) in [4.78, 5) is 0. The highest BCUT2D eigenvalue weighted by Gasteiger charge is 2.28. The predicted molar refractivity (Wildman–Crippen MR) is 79.1 cm³/mol. The van der Waals surface area contributed by atoms with Crippen molar-refractivity contribution in [3.63, 3.8) is 0 Å². The van der Waals surface area contributed by atoms with Crippen molar-refractivity contribution < 1.29 is 9.47 Å². The third-order valence-corrected chi connectivity index (χ3v) is 3.94. The van der Waals surface area contributed by atoms with Crippen LogP contribution in [-0.4, -0.2) is 25.9 Å². The molecule has 1 atom stereocenters. The fourth-order valence-electron chi connectivity index (χ4n) is 2.23. The fraction of sp³-hybridized carbons (Fsp3) is 1.00. The highest BCUT2D eigenvalue weighted by molar-refractivity contribution is 4.79. The van der Waals surface area contributed by atoms with E-state index in [1.807, 2.05) is 0 Å². The van der Waals surface area contributed by atoms with Gasteiger partial charge in [-0.05, 0) is 27.2 Å². The first-order chi connectivity index (χ1) is 8.58. The molecule has 0 N–H and O–H groups in total. The molecule has 0 aliphatic carbocycles. The van der Waals surface area contributed by atoms with Gasteiger partial charge in [-0.25, -0.2) is 0 Å². The molecule has 0 saturated heterocycles. The van der Waals surface area contributed by atoms with Crippen LogP contribution in [0.1, 0.15) is 72.6 Å². The van der Waals surface area contributed by atoms with Crippen molar-refractivity contribution in [3.8, 4) is 0 Å². The molecule has 2 heteroatoms. The SMILES string of the molecule is CCCCCCCCC(COCC)C(C)(C)OC. The molecule has 18 heavy (non-hydrogen) atoms. The summed E-state index contributed by atoms with van der Waals surface area (Å²) in [7, 11) is 1.81. The molecule has 110 valence electrons. The number of rotatable bonds is 12. The maximum absolute atomic E-state index is 5.61. The van der Waals surface area contributed by atoms with E-state index in [4.69, 9.17) is 9.47 Å². The quantitative estimate of drug-likeness (QED) is 0.467. The molecule has 0 saturated carbocycles. The minimum atomic E-state index is -0.0708. The summed E-state index contributed by atoms with van der Waals surface area (Å²) in [5.41, 5.74) is -0.0708. The van der Waals surface area contributed by atoms with Gasteiger partial charge in [0.25, 0.3) is 0 Å². The van der Waals surface area contributed by atoms with Crippen molar-refractivity contribution in [2.45, 2.75) is 78.2 Å². The maximum atomic E-state index is 5.61. The Morgan fingerprint density at radius 2 is 1.56 bits per heavy atom. The minimum Gasteiger partial charge on any atom is -0.381 e. The van der Waals surface area contributed by atoms with Crippen molar-refractivity contribution in [2.24, 2.45) is 5.92 Å². The molecule has 0 rings (SSSR count). The second kappa shape index (κ2) is 10.8. The Hall–Kier alpha value is -0.0800. The van der Waals surface area contributed by atoms with Gasteiger partial charge in [0, 0.05) is 19.6 Å². The highest BCUT2D eigenvalue weighted by Crippen LogP contribution is 2.26. The van der Waals surface area contributed by atoms with Gasteiger partial charge in [0.2, 0.25) is 0 Å². The summed E-state index contributed by atoms with van der Waals surface area (Å²) in [5, 5.41) is 0. The molecule has 0 amide bonds. The van der Waals surface area contributed by atoms with E-state index < -0.39 is 0 Å². The van der Waals surface area contributed by atoms with Crippen LogP contribution in [0, 0.1) is 5.92 Å². The molecule has 1 unspecified atom stereocenters. The molecule has 0 aliphatic rings. The molecule has 0 aromatic rings. The van der Waals surface area contributed by atoms with Gasteiger partial charge in [0.1, 0.15) is 0 Å². The van der Waals surface area contributed by atoms with Crippen molar-refractivity contribution in [1.29, 1.82) is 0 Å². The number of hydrogen-bond donors (Lipinski definition) is 0. The normalized spacial score (nSPS) is 13.8. The van der Waals surface area contributed by atoms with E-state index >= 15 is 0 Å². The Kier molecular flexibility index (Phi) is 10.8. The Morgan fingerprint density at radius 3 is 2.11 bits per heavy atom. The van der Waals surface area contributed by atoms with Gasteiger partial charge in [-0.2, -0.15) is 0 Å². The first-order valence-corrected chi connectivity index (χ1v) is 7.71. The first kappa shape index (κ1) is 17.9. The second-order valence-corrected chi connectivity index (χ2v) is 5.72. The Morgan fingerprint density at radius 1 is 0.944 bits per heavy atom. The average molecular weight is 258 g/mol. The molecular formula is C16H34O2. The zero-order valence-electron chi connectivity index (χ0n) is 13.3. The maximum Gasteiger partial charge on any atom is 0.0672 e. The van der Waals surface area contributed by atoms with Crippen LogP contribution in [0.2, 0.25) is 0 Å². The largest absolute Gasteiger partial charge is 0.381 e. The molecule has 0 aromatic carbocycles. The standard InChI is InChI=1S/C16H34O2/c1-6-8-9-10-11-12-13-15(14-18-7-2)16(3,4)17-5/h15H,6-14H2,1-5H3. The smallest absolute Gasteiger partial charge is 0.0672 e. The lowest BCUT2D eigenvalue weighted by Crippen LogP contribution is -2.36. The Bertz CT molecular complexity index is 178. The molecule has 0 spiro atoms. The molecule has 2 nitrogen and oxygen atoms in total. The summed E-state index contributed by atoms with van der Waals surface area (Å²) < 4.78 is 11.2. The van der Waals surface area contributed by atoms with Gasteiger partial charge in [0.05, 0.1) is 12.2 Å². The van der Waals surface area contributed by atoms with Crippen LogP contribution in [0.3, 0.4) is 0 Å². The molecule has 0 radical (unpaired) electrons. The number of hydrogen-bond acceptors (Lipinski definition) is 2. The average Bonchev–Trinajstić information content (AvgIpc) is 2.36. The summed E-state index contributed by atoms with van der Waals surface area (Å²) in [6.07, 6.45) is 9.34. The molecule has 0 aromatic heterocycles. The highest BCUT2D eigenvalue weighted by atomic mass is 16.5. The van der Waals surface area contributed by atoms with Gasteiger partial charge < -0.3 is 9.47 Å². The van der Waals surface area contributed by atoms with E-state index in [-0.39, 0.29) is 5.60 Å². The van der Waals surface area contributed by atoms with Crippen molar-refractivity contribution in [2.75, 3.05) is 20.3 Å². The van der Waals surface area contributed by atoms with E-state index in [9.17, 15) is 0 Å². The van der Waals surface area contributed by atoms with E-state index in [0.717, 1.165) is 13.2 Å². The lowest BCUT2D eigenvalue weighted by molar-refractivity contribution is -0.0614. The van der Waals surface area contributed by atoms with E-state index in [1.165, 1.54) is 44.9 Å². The van der Waals surface area contributed by atoms with Crippen LogP contribution < -0.4 is 0 Å². The summed E-state index contributed by atoms with van der Waals surface area (Å²) >= 11 is 0. The summed E-state index contributed by atoms with van der Waals surface area (Å²) in [6, 6.07) is 0. The summed E-state index contributed by atoms with van der Waals surface area (Å²) in [5.74, 6) is 0.508. The lowest BCUT2D eigenvalue weighted by Gasteiger charge is -2.33. The molecule has 0 heterocycles. The van der Waals surface area contributed by atoms with Crippen LogP contribution >= 0.6 is 0 Å². The third kappa shape index (κ3) is 8.10. The first-order valence-electron chi connectivity index (χ1n) is 7.71. The van der Waals surface area contributed by atoms with Crippen LogP contribution in [0.15, 0.2) is 0 Å².